The molecule has 0 unspecified atom stereocenters. The normalized spacial score (nSPS) is 14.9. The molecule has 218 valence electrons. The van der Waals surface area contributed by atoms with E-state index in [0.29, 0.717) is 50.5 Å². The first-order chi connectivity index (χ1) is 19.8. The molecule has 1 atom stereocenters. The Morgan fingerprint density at radius 1 is 1.05 bits per heavy atom. The lowest BCUT2D eigenvalue weighted by Gasteiger charge is -2.27. The first-order valence-electron chi connectivity index (χ1n) is 12.8. The third-order valence-corrected chi connectivity index (χ3v) is 7.31. The molecule has 1 aliphatic rings. The van der Waals surface area contributed by atoms with Crippen LogP contribution in [0.1, 0.15) is 43.9 Å². The average Bonchev–Trinajstić information content (AvgIpc) is 3.26. The number of benzene rings is 2. The summed E-state index contributed by atoms with van der Waals surface area (Å²) in [5, 5.41) is 0. The van der Waals surface area contributed by atoms with Gasteiger partial charge in [-0.1, -0.05) is 30.7 Å². The molecule has 0 amide bonds. The summed E-state index contributed by atoms with van der Waals surface area (Å²) in [7, 11) is 4.36. The lowest BCUT2D eigenvalue weighted by molar-refractivity contribution is -0.139. The van der Waals surface area contributed by atoms with Crippen molar-refractivity contribution in [3.63, 3.8) is 0 Å². The van der Waals surface area contributed by atoms with Crippen molar-refractivity contribution in [3.8, 4) is 23.0 Å². The number of ether oxygens (including phenoxy) is 5. The first kappa shape index (κ1) is 29.8. The second kappa shape index (κ2) is 13.0. The number of halogens is 2. The van der Waals surface area contributed by atoms with Gasteiger partial charge in [0.2, 0.25) is 0 Å². The summed E-state index contributed by atoms with van der Waals surface area (Å²) in [6, 6.07) is 8.62. The molecule has 12 heteroatoms. The summed E-state index contributed by atoms with van der Waals surface area (Å²) in [4.78, 5) is 32.5. The molecule has 0 N–H and O–H groups in total. The number of nitrogens with zero attached hydrogens (tertiary/aromatic N) is 2. The Balaban J connectivity index is 1.99. The van der Waals surface area contributed by atoms with Crippen LogP contribution in [0, 0.1) is 0 Å². The van der Waals surface area contributed by atoms with E-state index in [1.54, 1.807) is 31.2 Å². The molecule has 0 saturated heterocycles. The molecule has 2 aromatic carbocycles. The Morgan fingerprint density at radius 3 is 2.41 bits per heavy atom. The number of carbonyl (C=O) groups is 1. The maximum atomic E-state index is 14.0. The summed E-state index contributed by atoms with van der Waals surface area (Å²) >= 11 is 1.14. The number of hydrogen-bond donors (Lipinski definition) is 0. The number of carbonyl (C=O) groups excluding carboxylic acids is 1. The predicted octanol–water partition coefficient (Wildman–Crippen LogP) is 4.21. The zero-order valence-electron chi connectivity index (χ0n) is 23.2. The molecule has 0 radical (unpaired) electrons. The molecule has 2 heterocycles. The van der Waals surface area contributed by atoms with E-state index in [0.717, 1.165) is 11.3 Å². The molecule has 0 bridgehead atoms. The van der Waals surface area contributed by atoms with Crippen LogP contribution >= 0.6 is 11.3 Å². The van der Waals surface area contributed by atoms with Crippen molar-refractivity contribution in [1.82, 2.24) is 4.57 Å². The number of fused-ring (bicyclic) bond motifs is 1. The molecule has 0 spiro atoms. The molecule has 1 aromatic heterocycles. The highest BCUT2D eigenvalue weighted by Crippen LogP contribution is 2.39. The van der Waals surface area contributed by atoms with E-state index < -0.39 is 24.2 Å². The van der Waals surface area contributed by atoms with Crippen LogP contribution in [0.4, 0.5) is 8.78 Å². The van der Waals surface area contributed by atoms with Crippen LogP contribution in [0.2, 0.25) is 0 Å². The third-order valence-electron chi connectivity index (χ3n) is 6.33. The average molecular weight is 589 g/mol. The lowest BCUT2D eigenvalue weighted by Crippen LogP contribution is -2.40. The Labute approximate surface area is 238 Å². The SMILES string of the molecule is CCCC1=C(C(=O)OCC)[C@@H](c2cc(OC)ccc2OC)n2c(s/c(=C\c3ccc(OC(F)F)c(OC)c3)c2=O)=N1. The molecule has 3 aromatic rings. The van der Waals surface area contributed by atoms with Gasteiger partial charge in [-0.25, -0.2) is 9.79 Å². The van der Waals surface area contributed by atoms with Gasteiger partial charge < -0.3 is 23.7 Å². The fraction of sp³-hybridized carbons (Fsp3) is 0.345. The maximum Gasteiger partial charge on any atom is 0.387 e. The van der Waals surface area contributed by atoms with Gasteiger partial charge in [0, 0.05) is 5.56 Å². The van der Waals surface area contributed by atoms with Crippen molar-refractivity contribution in [2.24, 2.45) is 4.99 Å². The van der Waals surface area contributed by atoms with Gasteiger partial charge >= 0.3 is 12.6 Å². The van der Waals surface area contributed by atoms with E-state index in [1.807, 2.05) is 6.92 Å². The molecule has 9 nitrogen and oxygen atoms in total. The van der Waals surface area contributed by atoms with E-state index in [9.17, 15) is 18.4 Å². The topological polar surface area (TPSA) is 97.6 Å². The van der Waals surface area contributed by atoms with E-state index >= 15 is 0 Å². The van der Waals surface area contributed by atoms with Crippen molar-refractivity contribution in [2.45, 2.75) is 39.3 Å². The zero-order chi connectivity index (χ0) is 29.7. The van der Waals surface area contributed by atoms with Crippen molar-refractivity contribution >= 4 is 23.4 Å². The quantitative estimate of drug-likeness (QED) is 0.310. The summed E-state index contributed by atoms with van der Waals surface area (Å²) in [6.45, 7) is 0.802. The first-order valence-corrected chi connectivity index (χ1v) is 13.6. The minimum atomic E-state index is -3.02. The van der Waals surface area contributed by atoms with Crippen LogP contribution < -0.4 is 33.8 Å². The van der Waals surface area contributed by atoms with Crippen molar-refractivity contribution in [3.05, 3.63) is 78.5 Å². The predicted molar refractivity (Wildman–Crippen MR) is 149 cm³/mol. The standard InChI is InChI=1S/C29H30F2N2O7S/c1-6-8-19-24(27(35)39-7-2)25(18-15-17(36-3)10-12-20(18)37-4)33-26(34)23(41-29(33)32-19)14-16-9-11-21(40-28(30)31)22(13-16)38-5/h9-15,25,28H,6-8H2,1-5H3/b23-14-/t25-/m1/s1. The molecule has 0 saturated carbocycles. The zero-order valence-corrected chi connectivity index (χ0v) is 24.1. The number of aromatic nitrogens is 1. The van der Waals surface area contributed by atoms with Gasteiger partial charge in [0.1, 0.15) is 17.5 Å². The van der Waals surface area contributed by atoms with E-state index in [4.69, 9.17) is 23.9 Å². The molecular formula is C29H30F2N2O7S. The minimum absolute atomic E-state index is 0.0839. The number of rotatable bonds is 11. The van der Waals surface area contributed by atoms with Crippen molar-refractivity contribution < 1.29 is 37.3 Å². The summed E-state index contributed by atoms with van der Waals surface area (Å²) < 4.78 is 53.5. The van der Waals surface area contributed by atoms with Crippen LogP contribution in [0.3, 0.4) is 0 Å². The molecular weight excluding hydrogens is 558 g/mol. The van der Waals surface area contributed by atoms with Crippen molar-refractivity contribution in [1.29, 1.82) is 0 Å². The lowest BCUT2D eigenvalue weighted by atomic mass is 9.93. The number of esters is 1. The Kier molecular flexibility index (Phi) is 9.43. The summed E-state index contributed by atoms with van der Waals surface area (Å²) in [5.41, 5.74) is 1.40. The summed E-state index contributed by atoms with van der Waals surface area (Å²) in [5.74, 6) is 0.334. The van der Waals surface area contributed by atoms with Gasteiger partial charge in [0.05, 0.1) is 43.7 Å². The fourth-order valence-electron chi connectivity index (χ4n) is 4.59. The molecule has 0 fully saturated rings. The second-order valence-electron chi connectivity index (χ2n) is 8.81. The fourth-order valence-corrected chi connectivity index (χ4v) is 5.61. The van der Waals surface area contributed by atoms with Gasteiger partial charge in [-0.2, -0.15) is 8.78 Å². The number of alkyl halides is 2. The highest BCUT2D eigenvalue weighted by Gasteiger charge is 2.36. The molecule has 4 rings (SSSR count). The monoisotopic (exact) mass is 588 g/mol. The van der Waals surface area contributed by atoms with Gasteiger partial charge in [0.15, 0.2) is 16.3 Å². The Hall–Kier alpha value is -4.19. The van der Waals surface area contributed by atoms with Crippen molar-refractivity contribution in [2.75, 3.05) is 27.9 Å². The van der Waals surface area contributed by atoms with Crippen LogP contribution in [0.5, 0.6) is 23.0 Å². The summed E-state index contributed by atoms with van der Waals surface area (Å²) in [6.07, 6.45) is 2.78. The molecule has 0 aliphatic carbocycles. The molecule has 1 aliphatic heterocycles. The van der Waals surface area contributed by atoms with Crippen LogP contribution in [-0.4, -0.2) is 45.1 Å². The molecule has 41 heavy (non-hydrogen) atoms. The van der Waals surface area contributed by atoms with Crippen LogP contribution in [0.15, 0.2) is 57.5 Å². The maximum absolute atomic E-state index is 14.0. The number of hydrogen-bond acceptors (Lipinski definition) is 9. The van der Waals surface area contributed by atoms with E-state index in [1.165, 1.54) is 44.1 Å². The Morgan fingerprint density at radius 2 is 1.78 bits per heavy atom. The number of methoxy groups -OCH3 is 3. The van der Waals surface area contributed by atoms with Gasteiger partial charge in [-0.05, 0) is 55.3 Å². The minimum Gasteiger partial charge on any atom is -0.497 e. The highest BCUT2D eigenvalue weighted by molar-refractivity contribution is 7.07. The number of allylic oxidation sites excluding steroid dienone is 1. The smallest absolute Gasteiger partial charge is 0.387 e. The van der Waals surface area contributed by atoms with Crippen LogP contribution in [-0.2, 0) is 9.53 Å². The second-order valence-corrected chi connectivity index (χ2v) is 9.82. The van der Waals surface area contributed by atoms with Gasteiger partial charge in [-0.3, -0.25) is 9.36 Å². The highest BCUT2D eigenvalue weighted by atomic mass is 32.1. The van der Waals surface area contributed by atoms with Gasteiger partial charge in [-0.15, -0.1) is 0 Å². The van der Waals surface area contributed by atoms with E-state index in [-0.39, 0.29) is 23.7 Å². The number of thiazole rings is 1. The van der Waals surface area contributed by atoms with Crippen LogP contribution in [0.25, 0.3) is 6.08 Å². The third kappa shape index (κ3) is 6.12. The van der Waals surface area contributed by atoms with Gasteiger partial charge in [0.25, 0.3) is 5.56 Å². The van der Waals surface area contributed by atoms with E-state index in [2.05, 4.69) is 4.74 Å². The Bertz CT molecular complexity index is 1650. The largest absolute Gasteiger partial charge is 0.497 e.